The standard InChI is InChI=1S/C16H21N3O4.CH2O2/c1-17-12-10-19(11-13(12)23-9-6-14(17)20)16(22)5-8-18-7-3-2-4-15(18)21;2-1-3/h2-4,7,12-13H,5-6,8-11H2,1H3;1H,(H,2,3)/t12-,13-;/m0./s1. The number of rotatable bonds is 3. The number of fused-ring (bicyclic) bond motifs is 1. The monoisotopic (exact) mass is 365 g/mol. The molecule has 1 N–H and O–H groups in total. The number of ether oxygens (including phenoxy) is 1. The molecule has 0 unspecified atom stereocenters. The Morgan fingerprint density at radius 1 is 1.35 bits per heavy atom. The fourth-order valence-corrected chi connectivity index (χ4v) is 3.17. The molecule has 0 bridgehead atoms. The third-order valence-corrected chi connectivity index (χ3v) is 4.59. The first-order valence-corrected chi connectivity index (χ1v) is 8.36. The van der Waals surface area contributed by atoms with Gasteiger partial charge in [0.2, 0.25) is 11.8 Å². The van der Waals surface area contributed by atoms with Crippen LogP contribution in [-0.2, 0) is 25.7 Å². The summed E-state index contributed by atoms with van der Waals surface area (Å²) < 4.78 is 7.24. The average Bonchev–Trinajstić information content (AvgIpc) is 2.99. The maximum atomic E-state index is 12.4. The highest BCUT2D eigenvalue weighted by atomic mass is 16.5. The fourth-order valence-electron chi connectivity index (χ4n) is 3.17. The molecule has 0 aliphatic carbocycles. The lowest BCUT2D eigenvalue weighted by Crippen LogP contribution is -2.43. The molecule has 0 aromatic carbocycles. The number of pyridine rings is 1. The summed E-state index contributed by atoms with van der Waals surface area (Å²) in [5.41, 5.74) is -0.111. The summed E-state index contributed by atoms with van der Waals surface area (Å²) >= 11 is 0. The summed E-state index contributed by atoms with van der Waals surface area (Å²) in [7, 11) is 1.77. The molecule has 0 spiro atoms. The number of carbonyl (C=O) groups excluding carboxylic acids is 2. The van der Waals surface area contributed by atoms with E-state index in [1.165, 1.54) is 10.6 Å². The maximum Gasteiger partial charge on any atom is 0.290 e. The van der Waals surface area contributed by atoms with Gasteiger partial charge in [-0.05, 0) is 6.07 Å². The second-order valence-corrected chi connectivity index (χ2v) is 6.12. The normalized spacial score (nSPS) is 22.1. The Morgan fingerprint density at radius 2 is 2.08 bits per heavy atom. The second-order valence-electron chi connectivity index (χ2n) is 6.12. The minimum atomic E-state index is -0.250. The van der Waals surface area contributed by atoms with E-state index in [9.17, 15) is 14.4 Å². The number of hydrogen-bond acceptors (Lipinski definition) is 5. The Kier molecular flexibility index (Phi) is 6.90. The van der Waals surface area contributed by atoms with Crippen LogP contribution in [0.4, 0.5) is 0 Å². The van der Waals surface area contributed by atoms with Gasteiger partial charge >= 0.3 is 0 Å². The third-order valence-electron chi connectivity index (χ3n) is 4.59. The van der Waals surface area contributed by atoms with Gasteiger partial charge in [-0.3, -0.25) is 19.2 Å². The van der Waals surface area contributed by atoms with Crippen LogP contribution in [0.3, 0.4) is 0 Å². The molecule has 1 aromatic rings. The van der Waals surface area contributed by atoms with Gasteiger partial charge in [-0.1, -0.05) is 6.07 Å². The van der Waals surface area contributed by atoms with Crippen molar-refractivity contribution in [2.45, 2.75) is 31.5 Å². The van der Waals surface area contributed by atoms with Crippen molar-refractivity contribution in [1.29, 1.82) is 0 Å². The molecular formula is C17H23N3O6. The summed E-state index contributed by atoms with van der Waals surface area (Å²) in [6.07, 6.45) is 2.23. The molecule has 2 aliphatic rings. The van der Waals surface area contributed by atoms with Crippen LogP contribution in [0.25, 0.3) is 0 Å². The number of likely N-dealkylation sites (tertiary alicyclic amines) is 1. The first-order valence-electron chi connectivity index (χ1n) is 8.36. The molecule has 2 saturated heterocycles. The second kappa shape index (κ2) is 9.14. The van der Waals surface area contributed by atoms with E-state index in [-0.39, 0.29) is 42.4 Å². The number of aromatic nitrogens is 1. The molecule has 1 aromatic heterocycles. The van der Waals surface area contributed by atoms with Gasteiger partial charge in [0.1, 0.15) is 0 Å². The van der Waals surface area contributed by atoms with Gasteiger partial charge in [0, 0.05) is 45.4 Å². The minimum Gasteiger partial charge on any atom is -0.483 e. The SMILES string of the molecule is CN1C(=O)CCO[C@H]2CN(C(=O)CCn3ccccc3=O)C[C@@H]21.O=CO. The number of nitrogens with zero attached hydrogens (tertiary/aromatic N) is 3. The molecule has 9 nitrogen and oxygen atoms in total. The summed E-state index contributed by atoms with van der Waals surface area (Å²) in [6.45, 7) is 1.52. The van der Waals surface area contributed by atoms with Crippen LogP contribution in [0, 0.1) is 0 Å². The first-order chi connectivity index (χ1) is 12.5. The molecule has 2 aliphatic heterocycles. The molecule has 2 atom stereocenters. The van der Waals surface area contributed by atoms with Crippen LogP contribution in [-0.4, -0.2) is 76.6 Å². The van der Waals surface area contributed by atoms with E-state index in [4.69, 9.17) is 14.6 Å². The number of likely N-dealkylation sites (N-methyl/N-ethyl adjacent to an activating group) is 1. The van der Waals surface area contributed by atoms with Crippen LogP contribution in [0.15, 0.2) is 29.2 Å². The van der Waals surface area contributed by atoms with Gasteiger partial charge in [0.05, 0.1) is 25.2 Å². The zero-order valence-corrected chi connectivity index (χ0v) is 14.6. The molecule has 142 valence electrons. The number of hydrogen-bond donors (Lipinski definition) is 1. The van der Waals surface area contributed by atoms with E-state index in [0.717, 1.165) is 0 Å². The van der Waals surface area contributed by atoms with Crippen molar-refractivity contribution < 1.29 is 24.2 Å². The first kappa shape index (κ1) is 19.6. The highest BCUT2D eigenvalue weighted by Crippen LogP contribution is 2.22. The number of amides is 2. The van der Waals surface area contributed by atoms with Gasteiger partial charge in [-0.2, -0.15) is 0 Å². The summed E-state index contributed by atoms with van der Waals surface area (Å²) in [6, 6.07) is 4.85. The fraction of sp³-hybridized carbons (Fsp3) is 0.529. The molecule has 0 radical (unpaired) electrons. The van der Waals surface area contributed by atoms with Crippen LogP contribution in [0.5, 0.6) is 0 Å². The highest BCUT2D eigenvalue weighted by molar-refractivity contribution is 5.78. The average molecular weight is 365 g/mol. The van der Waals surface area contributed by atoms with Crippen molar-refractivity contribution in [2.24, 2.45) is 0 Å². The Hall–Kier alpha value is -2.68. The van der Waals surface area contributed by atoms with E-state index >= 15 is 0 Å². The van der Waals surface area contributed by atoms with Gasteiger partial charge in [-0.15, -0.1) is 0 Å². The smallest absolute Gasteiger partial charge is 0.290 e. The highest BCUT2D eigenvalue weighted by Gasteiger charge is 2.41. The van der Waals surface area contributed by atoms with Gasteiger partial charge < -0.3 is 24.2 Å². The quantitative estimate of drug-likeness (QED) is 0.716. The Morgan fingerprint density at radius 3 is 2.77 bits per heavy atom. The molecule has 26 heavy (non-hydrogen) atoms. The molecule has 0 saturated carbocycles. The Balaban J connectivity index is 0.000000758. The Labute approximate surface area is 150 Å². The number of carboxylic acid groups (broad SMARTS) is 1. The van der Waals surface area contributed by atoms with E-state index in [0.29, 0.717) is 32.7 Å². The zero-order valence-electron chi connectivity index (χ0n) is 14.6. The summed E-state index contributed by atoms with van der Waals surface area (Å²) in [5.74, 6) is 0.0425. The van der Waals surface area contributed by atoms with Crippen LogP contribution in [0.1, 0.15) is 12.8 Å². The van der Waals surface area contributed by atoms with Gasteiger partial charge in [0.15, 0.2) is 0 Å². The minimum absolute atomic E-state index is 0.0155. The number of aryl methyl sites for hydroxylation is 1. The molecular weight excluding hydrogens is 342 g/mol. The van der Waals surface area contributed by atoms with Crippen LogP contribution >= 0.6 is 0 Å². The third kappa shape index (κ3) is 4.69. The van der Waals surface area contributed by atoms with Crippen molar-refractivity contribution >= 4 is 18.3 Å². The van der Waals surface area contributed by atoms with Crippen molar-refractivity contribution in [2.75, 3.05) is 26.7 Å². The lowest BCUT2D eigenvalue weighted by Gasteiger charge is -2.25. The summed E-state index contributed by atoms with van der Waals surface area (Å²) in [4.78, 5) is 47.7. The van der Waals surface area contributed by atoms with Crippen molar-refractivity contribution in [3.63, 3.8) is 0 Å². The summed E-state index contributed by atoms with van der Waals surface area (Å²) in [5, 5.41) is 6.89. The molecule has 9 heteroatoms. The van der Waals surface area contributed by atoms with E-state index in [1.54, 1.807) is 35.2 Å². The topological polar surface area (TPSA) is 109 Å². The van der Waals surface area contributed by atoms with Crippen LogP contribution in [0.2, 0.25) is 0 Å². The molecule has 3 heterocycles. The lowest BCUT2D eigenvalue weighted by atomic mass is 10.2. The molecule has 2 amide bonds. The van der Waals surface area contributed by atoms with Crippen molar-refractivity contribution in [1.82, 2.24) is 14.4 Å². The molecule has 2 fully saturated rings. The number of carbonyl (C=O) groups is 3. The van der Waals surface area contributed by atoms with E-state index < -0.39 is 0 Å². The van der Waals surface area contributed by atoms with Crippen LogP contribution < -0.4 is 5.56 Å². The van der Waals surface area contributed by atoms with E-state index in [1.807, 2.05) is 0 Å². The van der Waals surface area contributed by atoms with Crippen molar-refractivity contribution in [3.8, 4) is 0 Å². The predicted octanol–water partition coefficient (Wildman–Crippen LogP) is -0.603. The lowest BCUT2D eigenvalue weighted by molar-refractivity contribution is -0.133. The van der Waals surface area contributed by atoms with Crippen molar-refractivity contribution in [3.05, 3.63) is 34.7 Å². The van der Waals surface area contributed by atoms with E-state index in [2.05, 4.69) is 0 Å². The zero-order chi connectivity index (χ0) is 19.1. The predicted molar refractivity (Wildman–Crippen MR) is 91.5 cm³/mol. The Bertz CT molecular complexity index is 704. The molecule has 3 rings (SSSR count). The maximum absolute atomic E-state index is 12.4. The van der Waals surface area contributed by atoms with Gasteiger partial charge in [-0.25, -0.2) is 0 Å². The largest absolute Gasteiger partial charge is 0.483 e. The van der Waals surface area contributed by atoms with Gasteiger partial charge in [0.25, 0.3) is 12.0 Å².